The zero-order chi connectivity index (χ0) is 19.0. The van der Waals surface area contributed by atoms with Gasteiger partial charge >= 0.3 is 10.3 Å². The summed E-state index contributed by atoms with van der Waals surface area (Å²) in [5, 5.41) is 0.956. The molecule has 3 N–H and O–H groups in total. The lowest BCUT2D eigenvalue weighted by Gasteiger charge is -2.30. The summed E-state index contributed by atoms with van der Waals surface area (Å²) in [4.78, 5) is 12.1. The van der Waals surface area contributed by atoms with Gasteiger partial charge in [-0.2, -0.15) is 13.1 Å². The number of nitrogens with one attached hydrogen (secondary N) is 2. The Hall–Kier alpha value is -2.01. The van der Waals surface area contributed by atoms with Crippen LogP contribution in [0.5, 0.6) is 0 Å². The smallest absolute Gasteiger partial charge is 0.333 e. The number of aromatic amines is 1. The predicted molar refractivity (Wildman–Crippen MR) is 101 cm³/mol. The van der Waals surface area contributed by atoms with E-state index in [1.807, 2.05) is 12.3 Å². The minimum atomic E-state index is -4.30. The Kier molecular flexibility index (Phi) is 4.89. The first-order chi connectivity index (χ1) is 13.0. The Morgan fingerprint density at radius 2 is 2.15 bits per heavy atom. The first-order valence-corrected chi connectivity index (χ1v) is 10.4. The summed E-state index contributed by atoms with van der Waals surface area (Å²) in [6.07, 6.45) is 7.55. The van der Waals surface area contributed by atoms with Gasteiger partial charge in [0.15, 0.2) is 0 Å². The van der Waals surface area contributed by atoms with Crippen LogP contribution >= 0.6 is 0 Å². The third-order valence-corrected chi connectivity index (χ3v) is 5.81. The van der Waals surface area contributed by atoms with Crippen LogP contribution in [0.25, 0.3) is 22.1 Å². The lowest BCUT2D eigenvalue weighted by molar-refractivity contribution is 0.120. The average Bonchev–Trinajstić information content (AvgIpc) is 3.24. The molecule has 9 nitrogen and oxygen atoms in total. The number of methoxy groups -OCH3 is 1. The zero-order valence-corrected chi connectivity index (χ0v) is 15.9. The van der Waals surface area contributed by atoms with Gasteiger partial charge in [0.1, 0.15) is 17.0 Å². The number of H-pyrrole nitrogens is 1. The van der Waals surface area contributed by atoms with Crippen LogP contribution in [0.4, 0.5) is 0 Å². The minimum Gasteiger partial charge on any atom is -0.384 e. The van der Waals surface area contributed by atoms with Crippen molar-refractivity contribution in [1.82, 2.24) is 24.2 Å². The van der Waals surface area contributed by atoms with Crippen molar-refractivity contribution in [1.29, 1.82) is 0 Å². The van der Waals surface area contributed by atoms with Crippen LogP contribution in [0, 0.1) is 5.92 Å². The number of fused-ring (bicyclic) bond motifs is 3. The Balaban J connectivity index is 1.76. The van der Waals surface area contributed by atoms with Crippen LogP contribution in [0.2, 0.25) is 0 Å². The van der Waals surface area contributed by atoms with Gasteiger partial charge in [-0.15, -0.1) is 0 Å². The summed E-state index contributed by atoms with van der Waals surface area (Å²) in [5.74, 6) is 1.13. The molecule has 1 fully saturated rings. The molecule has 10 heteroatoms. The van der Waals surface area contributed by atoms with Gasteiger partial charge in [0, 0.05) is 31.3 Å². The molecule has 0 aliphatic heterocycles. The average molecular weight is 393 g/mol. The van der Waals surface area contributed by atoms with Crippen molar-refractivity contribution in [2.24, 2.45) is 5.92 Å². The molecule has 3 aromatic rings. The summed E-state index contributed by atoms with van der Waals surface area (Å²) in [6, 6.07) is 2.17. The van der Waals surface area contributed by atoms with E-state index in [1.165, 1.54) is 0 Å². The molecule has 27 heavy (non-hydrogen) atoms. The SMILES string of the molecule is COC[C@H]1CC[C@H](n2c(CNS(=O)(=O)O)nc3cnc4[nH]ccc4c32)CC1. The number of imidazole rings is 1. The highest BCUT2D eigenvalue weighted by molar-refractivity contribution is 7.83. The normalized spacial score (nSPS) is 21.3. The van der Waals surface area contributed by atoms with Crippen LogP contribution in [-0.2, 0) is 21.6 Å². The Morgan fingerprint density at radius 1 is 1.37 bits per heavy atom. The van der Waals surface area contributed by atoms with Gasteiger partial charge < -0.3 is 14.3 Å². The van der Waals surface area contributed by atoms with E-state index in [-0.39, 0.29) is 12.6 Å². The third-order valence-electron chi connectivity index (χ3n) is 5.30. The van der Waals surface area contributed by atoms with Gasteiger partial charge in [-0.25, -0.2) is 9.97 Å². The lowest BCUT2D eigenvalue weighted by Crippen LogP contribution is -2.26. The van der Waals surface area contributed by atoms with Crippen molar-refractivity contribution in [3.63, 3.8) is 0 Å². The molecular weight excluding hydrogens is 370 g/mol. The van der Waals surface area contributed by atoms with E-state index in [1.54, 1.807) is 13.3 Å². The maximum Gasteiger partial charge on any atom is 0.333 e. The third kappa shape index (κ3) is 3.70. The number of aromatic nitrogens is 4. The highest BCUT2D eigenvalue weighted by Crippen LogP contribution is 2.37. The molecule has 0 radical (unpaired) electrons. The molecule has 0 amide bonds. The molecule has 1 aliphatic carbocycles. The molecule has 0 aromatic carbocycles. The Morgan fingerprint density at radius 3 is 2.85 bits per heavy atom. The zero-order valence-electron chi connectivity index (χ0n) is 15.1. The second kappa shape index (κ2) is 7.19. The van der Waals surface area contributed by atoms with Crippen LogP contribution in [0.1, 0.15) is 37.5 Å². The molecule has 4 rings (SSSR count). The monoisotopic (exact) mass is 393 g/mol. The van der Waals surface area contributed by atoms with Crippen LogP contribution in [-0.4, -0.2) is 46.2 Å². The topological polar surface area (TPSA) is 122 Å². The van der Waals surface area contributed by atoms with Crippen LogP contribution in [0.3, 0.4) is 0 Å². The van der Waals surface area contributed by atoms with Crippen molar-refractivity contribution in [2.45, 2.75) is 38.3 Å². The van der Waals surface area contributed by atoms with Gasteiger partial charge in [-0.05, 0) is 37.7 Å². The minimum absolute atomic E-state index is 0.0720. The molecule has 1 aliphatic rings. The predicted octanol–water partition coefficient (Wildman–Crippen LogP) is 2.18. The second-order valence-corrected chi connectivity index (χ2v) is 8.29. The van der Waals surface area contributed by atoms with E-state index in [0.29, 0.717) is 17.3 Å². The van der Waals surface area contributed by atoms with Gasteiger partial charge in [0.05, 0.1) is 18.3 Å². The molecular formula is C17H23N5O4S. The Bertz CT molecular complexity index is 1050. The van der Waals surface area contributed by atoms with E-state index in [2.05, 4.69) is 24.2 Å². The molecule has 0 spiro atoms. The number of hydrogen-bond donors (Lipinski definition) is 3. The van der Waals surface area contributed by atoms with Crippen LogP contribution in [0.15, 0.2) is 18.5 Å². The standard InChI is InChI=1S/C17H23N5O4S/c1-26-10-11-2-4-12(5-3-11)22-15(9-20-27(23,24)25)21-14-8-19-17-13(16(14)22)6-7-18-17/h6-8,11-12,20H,2-5,9-10H2,1H3,(H,18,19)(H,23,24,25)/t11-,12-. The van der Waals surface area contributed by atoms with Gasteiger partial charge in [0.2, 0.25) is 0 Å². The quantitative estimate of drug-likeness (QED) is 0.552. The number of hydrogen-bond acceptors (Lipinski definition) is 5. The van der Waals surface area contributed by atoms with E-state index < -0.39 is 10.3 Å². The molecule has 0 bridgehead atoms. The lowest BCUT2D eigenvalue weighted by atomic mass is 9.86. The fourth-order valence-electron chi connectivity index (χ4n) is 4.12. The van der Waals surface area contributed by atoms with Gasteiger partial charge in [0.25, 0.3) is 0 Å². The van der Waals surface area contributed by atoms with E-state index in [0.717, 1.165) is 48.8 Å². The van der Waals surface area contributed by atoms with Crippen molar-refractivity contribution in [3.05, 3.63) is 24.3 Å². The molecule has 0 unspecified atom stereocenters. The summed E-state index contributed by atoms with van der Waals surface area (Å²) >= 11 is 0. The first kappa shape index (κ1) is 18.4. The second-order valence-electron chi connectivity index (χ2n) is 7.06. The van der Waals surface area contributed by atoms with Crippen molar-refractivity contribution in [3.8, 4) is 0 Å². The van der Waals surface area contributed by atoms with E-state index in [4.69, 9.17) is 9.29 Å². The number of rotatable bonds is 6. The van der Waals surface area contributed by atoms with Crippen LogP contribution < -0.4 is 4.72 Å². The highest BCUT2D eigenvalue weighted by Gasteiger charge is 2.27. The fraction of sp³-hybridized carbons (Fsp3) is 0.529. The summed E-state index contributed by atoms with van der Waals surface area (Å²) in [6.45, 7) is 0.692. The molecule has 146 valence electrons. The van der Waals surface area contributed by atoms with Gasteiger partial charge in [-0.3, -0.25) is 4.55 Å². The fourth-order valence-corrected chi connectivity index (χ4v) is 4.43. The number of pyridine rings is 1. The summed E-state index contributed by atoms with van der Waals surface area (Å²) < 4.78 is 41.0. The maximum absolute atomic E-state index is 11.2. The molecule has 3 aromatic heterocycles. The van der Waals surface area contributed by atoms with E-state index in [9.17, 15) is 8.42 Å². The number of nitrogens with zero attached hydrogens (tertiary/aromatic N) is 3. The van der Waals surface area contributed by atoms with Gasteiger partial charge in [-0.1, -0.05) is 0 Å². The highest BCUT2D eigenvalue weighted by atomic mass is 32.2. The summed E-state index contributed by atoms with van der Waals surface area (Å²) in [5.41, 5.74) is 2.43. The maximum atomic E-state index is 11.2. The first-order valence-electron chi connectivity index (χ1n) is 9.00. The molecule has 1 saturated carbocycles. The van der Waals surface area contributed by atoms with Crippen molar-refractivity contribution >= 4 is 32.4 Å². The largest absolute Gasteiger partial charge is 0.384 e. The molecule has 0 atom stereocenters. The van der Waals surface area contributed by atoms with Crippen molar-refractivity contribution in [2.75, 3.05) is 13.7 Å². The number of ether oxygens (including phenoxy) is 1. The Labute approximate surface area is 157 Å². The molecule has 3 heterocycles. The molecule has 0 saturated heterocycles. The van der Waals surface area contributed by atoms with E-state index >= 15 is 0 Å². The summed E-state index contributed by atoms with van der Waals surface area (Å²) in [7, 11) is -2.57. The van der Waals surface area contributed by atoms with Crippen molar-refractivity contribution < 1.29 is 17.7 Å².